The van der Waals surface area contributed by atoms with Gasteiger partial charge >= 0.3 is 0 Å². The number of ether oxygens (including phenoxy) is 1. The van der Waals surface area contributed by atoms with E-state index in [4.69, 9.17) is 10.5 Å². The van der Waals surface area contributed by atoms with Crippen LogP contribution in [0.5, 0.6) is 0 Å². The molecule has 20 heavy (non-hydrogen) atoms. The third-order valence-electron chi connectivity index (χ3n) is 5.02. The lowest BCUT2D eigenvalue weighted by Gasteiger charge is -2.43. The number of carbonyl (C=O) groups is 1. The summed E-state index contributed by atoms with van der Waals surface area (Å²) in [5.41, 5.74) is 5.96. The number of hydrogen-bond donors (Lipinski definition) is 2. The van der Waals surface area contributed by atoms with Crippen molar-refractivity contribution in [3.05, 3.63) is 0 Å². The molecule has 2 aliphatic carbocycles. The van der Waals surface area contributed by atoms with Crippen molar-refractivity contribution in [2.45, 2.75) is 57.6 Å². The molecule has 0 heterocycles. The summed E-state index contributed by atoms with van der Waals surface area (Å²) >= 11 is 0. The maximum Gasteiger partial charge on any atom is 0.223 e. The summed E-state index contributed by atoms with van der Waals surface area (Å²) in [6.07, 6.45) is 5.62. The van der Waals surface area contributed by atoms with E-state index >= 15 is 0 Å². The van der Waals surface area contributed by atoms with Crippen LogP contribution in [0.15, 0.2) is 0 Å². The number of halogens is 1. The second-order valence-electron chi connectivity index (χ2n) is 6.88. The smallest absolute Gasteiger partial charge is 0.223 e. The van der Waals surface area contributed by atoms with Gasteiger partial charge in [-0.05, 0) is 51.4 Å². The second kappa shape index (κ2) is 7.10. The molecule has 2 unspecified atom stereocenters. The van der Waals surface area contributed by atoms with Gasteiger partial charge in [-0.1, -0.05) is 6.42 Å². The molecule has 3 N–H and O–H groups in total. The van der Waals surface area contributed by atoms with Gasteiger partial charge in [0.25, 0.3) is 0 Å². The highest BCUT2D eigenvalue weighted by Gasteiger charge is 2.40. The lowest BCUT2D eigenvalue weighted by atomic mass is 9.65. The molecule has 0 spiro atoms. The summed E-state index contributed by atoms with van der Waals surface area (Å²) < 4.78 is 5.33. The molecule has 118 valence electrons. The molecule has 0 saturated heterocycles. The number of hydrogen-bond acceptors (Lipinski definition) is 3. The molecule has 2 bridgehead atoms. The third kappa shape index (κ3) is 4.09. The number of methoxy groups -OCH3 is 1. The summed E-state index contributed by atoms with van der Waals surface area (Å²) in [4.78, 5) is 12.3. The molecule has 4 nitrogen and oxygen atoms in total. The number of nitrogens with one attached hydrogen (secondary N) is 1. The predicted molar refractivity (Wildman–Crippen MR) is 82.9 cm³/mol. The number of rotatable bonds is 4. The average Bonchev–Trinajstić information content (AvgIpc) is 2.36. The summed E-state index contributed by atoms with van der Waals surface area (Å²) in [5.74, 6) is 1.45. The van der Waals surface area contributed by atoms with Crippen LogP contribution in [0.3, 0.4) is 0 Å². The van der Waals surface area contributed by atoms with Crippen LogP contribution in [0.25, 0.3) is 0 Å². The minimum absolute atomic E-state index is 0. The quantitative estimate of drug-likeness (QED) is 0.836. The van der Waals surface area contributed by atoms with Gasteiger partial charge in [0, 0.05) is 25.6 Å². The fourth-order valence-electron chi connectivity index (χ4n) is 3.52. The summed E-state index contributed by atoms with van der Waals surface area (Å²) in [6, 6.07) is 0.327. The first-order valence-electron chi connectivity index (χ1n) is 7.51. The van der Waals surface area contributed by atoms with Crippen LogP contribution in [-0.2, 0) is 9.53 Å². The second-order valence-corrected chi connectivity index (χ2v) is 6.88. The van der Waals surface area contributed by atoms with Gasteiger partial charge in [0.15, 0.2) is 0 Å². The zero-order valence-corrected chi connectivity index (χ0v) is 13.7. The van der Waals surface area contributed by atoms with Gasteiger partial charge in [-0.3, -0.25) is 4.79 Å². The van der Waals surface area contributed by atoms with E-state index in [-0.39, 0.29) is 29.8 Å². The van der Waals surface area contributed by atoms with E-state index in [1.54, 1.807) is 7.11 Å². The normalized spacial score (nSPS) is 33.2. The Kier molecular flexibility index (Phi) is 6.29. The molecular formula is C15H29ClN2O2. The van der Waals surface area contributed by atoms with Gasteiger partial charge in [0.2, 0.25) is 5.91 Å². The van der Waals surface area contributed by atoms with Crippen molar-refractivity contribution in [3.8, 4) is 0 Å². The maximum atomic E-state index is 12.3. The van der Waals surface area contributed by atoms with Crippen LogP contribution in [0.1, 0.15) is 46.0 Å². The van der Waals surface area contributed by atoms with Crippen LogP contribution in [0.4, 0.5) is 0 Å². The van der Waals surface area contributed by atoms with Crippen LogP contribution in [-0.4, -0.2) is 31.2 Å². The van der Waals surface area contributed by atoms with Crippen molar-refractivity contribution >= 4 is 18.3 Å². The monoisotopic (exact) mass is 304 g/mol. The van der Waals surface area contributed by atoms with Crippen LogP contribution in [0, 0.1) is 17.8 Å². The third-order valence-corrected chi connectivity index (χ3v) is 5.02. The Morgan fingerprint density at radius 2 is 1.85 bits per heavy atom. The van der Waals surface area contributed by atoms with Gasteiger partial charge in [-0.15, -0.1) is 12.4 Å². The van der Waals surface area contributed by atoms with E-state index in [1.807, 2.05) is 13.8 Å². The number of carbonyl (C=O) groups excluding carboxylic acids is 1. The van der Waals surface area contributed by atoms with E-state index in [2.05, 4.69) is 5.32 Å². The van der Waals surface area contributed by atoms with Crippen LogP contribution < -0.4 is 11.1 Å². The Morgan fingerprint density at radius 1 is 1.30 bits per heavy atom. The van der Waals surface area contributed by atoms with Crippen molar-refractivity contribution in [2.24, 2.45) is 23.5 Å². The fraction of sp³-hybridized carbons (Fsp3) is 0.933. The molecule has 0 aromatic carbocycles. The standard InChI is InChI=1S/C15H28N2O2.ClH/c1-15(2,19-3)9-17-14(18)12-7-10-5-4-6-11(8-12)13(10)16;/h10-13H,4-9,16H2,1-3H3,(H,17,18);1H. The van der Waals surface area contributed by atoms with Crippen molar-refractivity contribution in [2.75, 3.05) is 13.7 Å². The zero-order valence-electron chi connectivity index (χ0n) is 12.9. The van der Waals surface area contributed by atoms with Crippen molar-refractivity contribution in [1.82, 2.24) is 5.32 Å². The molecular weight excluding hydrogens is 276 g/mol. The van der Waals surface area contributed by atoms with Crippen molar-refractivity contribution in [3.63, 3.8) is 0 Å². The molecule has 2 saturated carbocycles. The molecule has 0 aliphatic heterocycles. The van der Waals surface area contributed by atoms with Crippen LogP contribution in [0.2, 0.25) is 0 Å². The number of nitrogens with two attached hydrogens (primary N) is 1. The number of amides is 1. The zero-order chi connectivity index (χ0) is 14.0. The Morgan fingerprint density at radius 3 is 2.35 bits per heavy atom. The fourth-order valence-corrected chi connectivity index (χ4v) is 3.52. The first-order valence-corrected chi connectivity index (χ1v) is 7.51. The lowest BCUT2D eigenvalue weighted by molar-refractivity contribution is -0.129. The minimum Gasteiger partial charge on any atom is -0.377 e. The van der Waals surface area contributed by atoms with E-state index in [1.165, 1.54) is 19.3 Å². The van der Waals surface area contributed by atoms with E-state index in [0.29, 0.717) is 24.4 Å². The minimum atomic E-state index is -0.295. The molecule has 2 rings (SSSR count). The van der Waals surface area contributed by atoms with Crippen molar-refractivity contribution in [1.29, 1.82) is 0 Å². The first kappa shape index (κ1) is 17.7. The lowest BCUT2D eigenvalue weighted by Crippen LogP contribution is -2.50. The van der Waals surface area contributed by atoms with E-state index in [9.17, 15) is 4.79 Å². The highest BCUT2D eigenvalue weighted by atomic mass is 35.5. The topological polar surface area (TPSA) is 64.3 Å². The molecule has 0 aromatic rings. The largest absolute Gasteiger partial charge is 0.377 e. The van der Waals surface area contributed by atoms with Gasteiger partial charge in [-0.25, -0.2) is 0 Å². The van der Waals surface area contributed by atoms with Gasteiger partial charge in [-0.2, -0.15) is 0 Å². The van der Waals surface area contributed by atoms with Gasteiger partial charge < -0.3 is 15.8 Å². The molecule has 0 aromatic heterocycles. The number of fused-ring (bicyclic) bond motifs is 2. The highest BCUT2D eigenvalue weighted by molar-refractivity contribution is 5.85. The highest BCUT2D eigenvalue weighted by Crippen LogP contribution is 2.41. The Hall–Kier alpha value is -0.320. The molecule has 5 heteroatoms. The van der Waals surface area contributed by atoms with E-state index < -0.39 is 0 Å². The Labute approximate surface area is 128 Å². The van der Waals surface area contributed by atoms with Crippen LogP contribution >= 0.6 is 12.4 Å². The summed E-state index contributed by atoms with van der Waals surface area (Å²) in [5, 5.41) is 3.04. The molecule has 0 radical (unpaired) electrons. The van der Waals surface area contributed by atoms with Gasteiger partial charge in [0.05, 0.1) is 5.60 Å². The maximum absolute atomic E-state index is 12.3. The first-order chi connectivity index (χ1) is 8.93. The van der Waals surface area contributed by atoms with Gasteiger partial charge in [0.1, 0.15) is 0 Å². The van der Waals surface area contributed by atoms with E-state index in [0.717, 1.165) is 12.8 Å². The molecule has 2 aliphatic rings. The SMILES string of the molecule is COC(C)(C)CNC(=O)C1CC2CCCC(C1)C2N.Cl. The molecule has 2 atom stereocenters. The molecule has 1 amide bonds. The summed E-state index contributed by atoms with van der Waals surface area (Å²) in [7, 11) is 1.68. The average molecular weight is 305 g/mol. The Balaban J connectivity index is 0.00000200. The predicted octanol–water partition coefficient (Wildman–Crippen LogP) is 2.10. The summed E-state index contributed by atoms with van der Waals surface area (Å²) in [6.45, 7) is 4.54. The molecule has 2 fully saturated rings. The van der Waals surface area contributed by atoms with Crippen molar-refractivity contribution < 1.29 is 9.53 Å². The Bertz CT molecular complexity index is 322.